The summed E-state index contributed by atoms with van der Waals surface area (Å²) in [5.74, 6) is 0.967. The monoisotopic (exact) mass is 288 g/mol. The Morgan fingerprint density at radius 3 is 2.53 bits per heavy atom. The van der Waals surface area contributed by atoms with Gasteiger partial charge in [-0.3, -0.25) is 13.8 Å². The molecule has 5 nitrogen and oxygen atoms in total. The molecule has 0 saturated carbocycles. The van der Waals surface area contributed by atoms with Crippen LogP contribution in [0.4, 0.5) is 0 Å². The number of nitrogens with zero attached hydrogens (tertiary/aromatic N) is 1. The van der Waals surface area contributed by atoms with Crippen LogP contribution >= 0.6 is 0 Å². The van der Waals surface area contributed by atoms with Crippen LogP contribution in [0.5, 0.6) is 0 Å². The van der Waals surface area contributed by atoms with Gasteiger partial charge in [-0.1, -0.05) is 27.2 Å². The summed E-state index contributed by atoms with van der Waals surface area (Å²) < 4.78 is 11.5. The van der Waals surface area contributed by atoms with Crippen molar-refractivity contribution >= 4 is 22.6 Å². The molecule has 110 valence electrons. The zero-order valence-corrected chi connectivity index (χ0v) is 13.0. The molecule has 0 aromatic rings. The third-order valence-corrected chi connectivity index (χ3v) is 5.07. The van der Waals surface area contributed by atoms with E-state index >= 15 is 0 Å². The lowest BCUT2D eigenvalue weighted by Crippen LogP contribution is -2.64. The molecular weight excluding hydrogens is 264 g/mol. The first-order valence-corrected chi connectivity index (χ1v) is 8.36. The first-order chi connectivity index (χ1) is 8.92. The van der Waals surface area contributed by atoms with E-state index in [1.54, 1.807) is 11.8 Å². The second kappa shape index (κ2) is 7.03. The van der Waals surface area contributed by atoms with Crippen molar-refractivity contribution in [2.24, 2.45) is 5.92 Å². The number of hydrogen-bond acceptors (Lipinski definition) is 3. The molecule has 1 saturated heterocycles. The normalized spacial score (nSPS) is 27.1. The smallest absolute Gasteiger partial charge is 0.246 e. The highest BCUT2D eigenvalue weighted by Crippen LogP contribution is 2.17. The van der Waals surface area contributed by atoms with Gasteiger partial charge < -0.3 is 10.2 Å². The number of carbonyl (C=O) groups excluding carboxylic acids is 2. The molecule has 1 rings (SSSR count). The first kappa shape index (κ1) is 16.1. The highest BCUT2D eigenvalue weighted by atomic mass is 32.2. The van der Waals surface area contributed by atoms with Crippen LogP contribution in [0, 0.1) is 5.92 Å². The molecule has 0 aromatic heterocycles. The van der Waals surface area contributed by atoms with Crippen molar-refractivity contribution in [3.05, 3.63) is 0 Å². The number of carbonyl (C=O) groups is 2. The molecule has 4 unspecified atom stereocenters. The van der Waals surface area contributed by atoms with Crippen LogP contribution in [-0.4, -0.2) is 51.1 Å². The van der Waals surface area contributed by atoms with Crippen molar-refractivity contribution in [3.63, 3.8) is 0 Å². The highest BCUT2D eigenvalue weighted by molar-refractivity contribution is 7.84. The Kier molecular flexibility index (Phi) is 5.97. The minimum Gasteiger partial charge on any atom is -0.342 e. The van der Waals surface area contributed by atoms with Crippen LogP contribution in [0.3, 0.4) is 0 Å². The largest absolute Gasteiger partial charge is 0.342 e. The first-order valence-electron chi connectivity index (χ1n) is 6.88. The molecule has 6 heteroatoms. The Morgan fingerprint density at radius 2 is 2.00 bits per heavy atom. The molecule has 4 atom stereocenters. The van der Waals surface area contributed by atoms with Crippen molar-refractivity contribution in [3.8, 4) is 0 Å². The Hall–Kier alpha value is -0.910. The molecule has 0 aromatic carbocycles. The van der Waals surface area contributed by atoms with Crippen molar-refractivity contribution in [1.82, 2.24) is 10.2 Å². The van der Waals surface area contributed by atoms with E-state index in [2.05, 4.69) is 5.32 Å². The quantitative estimate of drug-likeness (QED) is 0.775. The van der Waals surface area contributed by atoms with Gasteiger partial charge in [0.2, 0.25) is 11.8 Å². The third-order valence-electron chi connectivity index (χ3n) is 3.79. The van der Waals surface area contributed by atoms with E-state index in [0.717, 1.165) is 6.42 Å². The maximum Gasteiger partial charge on any atom is 0.246 e. The van der Waals surface area contributed by atoms with E-state index in [4.69, 9.17) is 0 Å². The van der Waals surface area contributed by atoms with Crippen molar-refractivity contribution in [1.29, 1.82) is 0 Å². The summed E-state index contributed by atoms with van der Waals surface area (Å²) in [5, 5.41) is 2.79. The van der Waals surface area contributed by atoms with Crippen molar-refractivity contribution in [2.45, 2.75) is 46.2 Å². The van der Waals surface area contributed by atoms with Gasteiger partial charge in [-0.15, -0.1) is 0 Å². The lowest BCUT2D eigenvalue weighted by molar-refractivity contribution is -0.149. The topological polar surface area (TPSA) is 66.5 Å². The van der Waals surface area contributed by atoms with E-state index in [0.29, 0.717) is 18.1 Å². The van der Waals surface area contributed by atoms with Gasteiger partial charge in [0.15, 0.2) is 0 Å². The summed E-state index contributed by atoms with van der Waals surface area (Å²) in [5.41, 5.74) is 0. The fraction of sp³-hybridized carbons (Fsp3) is 0.846. The fourth-order valence-corrected chi connectivity index (χ4v) is 2.81. The molecule has 1 fully saturated rings. The number of amides is 2. The number of hydrogen-bond donors (Lipinski definition) is 1. The van der Waals surface area contributed by atoms with Crippen molar-refractivity contribution in [2.75, 3.05) is 18.1 Å². The molecule has 1 heterocycles. The zero-order valence-electron chi connectivity index (χ0n) is 12.1. The molecule has 1 N–H and O–H groups in total. The maximum absolute atomic E-state index is 12.4. The minimum atomic E-state index is -0.919. The van der Waals surface area contributed by atoms with Gasteiger partial charge in [0, 0.05) is 28.9 Å². The minimum absolute atomic E-state index is 0.0467. The lowest BCUT2D eigenvalue weighted by Gasteiger charge is -2.39. The van der Waals surface area contributed by atoms with Gasteiger partial charge in [0.05, 0.1) is 0 Å². The molecule has 0 bridgehead atoms. The van der Waals surface area contributed by atoms with Crippen LogP contribution in [0.25, 0.3) is 0 Å². The Balaban J connectivity index is 2.78. The van der Waals surface area contributed by atoms with Gasteiger partial charge in [0.1, 0.15) is 12.1 Å². The molecule has 0 radical (unpaired) electrons. The summed E-state index contributed by atoms with van der Waals surface area (Å²) >= 11 is 0. The lowest BCUT2D eigenvalue weighted by atomic mass is 9.94. The molecule has 0 spiro atoms. The van der Waals surface area contributed by atoms with Gasteiger partial charge in [0.25, 0.3) is 0 Å². The third kappa shape index (κ3) is 3.78. The van der Waals surface area contributed by atoms with Crippen LogP contribution in [-0.2, 0) is 20.4 Å². The Labute approximate surface area is 117 Å². The SMILES string of the molecule is CCC(C)C1NC(=O)C(C)N(CCS(=O)CC)C1=O. The number of rotatable bonds is 6. The zero-order chi connectivity index (χ0) is 14.6. The molecule has 0 aliphatic carbocycles. The van der Waals surface area contributed by atoms with Gasteiger partial charge in [-0.05, 0) is 12.8 Å². The highest BCUT2D eigenvalue weighted by Gasteiger charge is 2.39. The maximum atomic E-state index is 12.4. The van der Waals surface area contributed by atoms with E-state index in [9.17, 15) is 13.8 Å². The standard InChI is InChI=1S/C13H24N2O3S/c1-5-9(3)11-13(17)15(7-8-19(18)6-2)10(4)12(16)14-11/h9-11H,5-8H2,1-4H3,(H,14,16). The molecule has 19 heavy (non-hydrogen) atoms. The van der Waals surface area contributed by atoms with Crippen LogP contribution in [0.1, 0.15) is 34.1 Å². The summed E-state index contributed by atoms with van der Waals surface area (Å²) in [7, 11) is -0.919. The second-order valence-corrected chi connectivity index (χ2v) is 6.88. The van der Waals surface area contributed by atoms with Crippen molar-refractivity contribution < 1.29 is 13.8 Å². The summed E-state index contributed by atoms with van der Waals surface area (Å²) in [6, 6.07) is -0.912. The van der Waals surface area contributed by atoms with E-state index in [-0.39, 0.29) is 17.7 Å². The van der Waals surface area contributed by atoms with Crippen LogP contribution in [0.2, 0.25) is 0 Å². The molecule has 1 aliphatic heterocycles. The number of nitrogens with one attached hydrogen (secondary N) is 1. The predicted molar refractivity (Wildman–Crippen MR) is 76.1 cm³/mol. The van der Waals surface area contributed by atoms with Gasteiger partial charge in [-0.2, -0.15) is 0 Å². The molecule has 2 amide bonds. The van der Waals surface area contributed by atoms with E-state index in [1.807, 2.05) is 20.8 Å². The van der Waals surface area contributed by atoms with Gasteiger partial charge in [-0.25, -0.2) is 0 Å². The van der Waals surface area contributed by atoms with Crippen LogP contribution in [0.15, 0.2) is 0 Å². The average molecular weight is 288 g/mol. The predicted octanol–water partition coefficient (Wildman–Crippen LogP) is 0.517. The van der Waals surface area contributed by atoms with Gasteiger partial charge >= 0.3 is 0 Å². The Morgan fingerprint density at radius 1 is 1.37 bits per heavy atom. The summed E-state index contributed by atoms with van der Waals surface area (Å²) in [4.78, 5) is 25.9. The number of piperazine rings is 1. The molecule has 1 aliphatic rings. The molecular formula is C13H24N2O3S. The van der Waals surface area contributed by atoms with Crippen LogP contribution < -0.4 is 5.32 Å². The van der Waals surface area contributed by atoms with E-state index < -0.39 is 22.9 Å². The Bertz CT molecular complexity index is 373. The second-order valence-electron chi connectivity index (χ2n) is 5.01. The summed E-state index contributed by atoms with van der Waals surface area (Å²) in [6.45, 7) is 7.92. The van der Waals surface area contributed by atoms with E-state index in [1.165, 1.54) is 0 Å². The average Bonchev–Trinajstić information content (AvgIpc) is 2.41. The summed E-state index contributed by atoms with van der Waals surface area (Å²) in [6.07, 6.45) is 0.833. The fourth-order valence-electron chi connectivity index (χ4n) is 2.12.